The minimum absolute atomic E-state index is 0.234. The standard InChI is InChI=1S/C23H35N5S/c1-5-24-23(26-18(3)22-9-7-6-8-17(22)2)25-14-20-10-12-28(13-11-20)15-21-16-29-19(4)27-21/h6-9,16,18,20H,5,10-15H2,1-4H3,(H2,24,25,26). The molecule has 0 saturated carbocycles. The molecule has 1 atom stereocenters. The van der Waals surface area contributed by atoms with E-state index in [0.717, 1.165) is 43.7 Å². The lowest BCUT2D eigenvalue weighted by atomic mass is 9.97. The lowest BCUT2D eigenvalue weighted by Crippen LogP contribution is -2.40. The summed E-state index contributed by atoms with van der Waals surface area (Å²) in [6.07, 6.45) is 2.42. The van der Waals surface area contributed by atoms with Crippen molar-refractivity contribution >= 4 is 17.3 Å². The first-order valence-electron chi connectivity index (χ1n) is 10.8. The fourth-order valence-corrected chi connectivity index (χ4v) is 4.54. The van der Waals surface area contributed by atoms with E-state index >= 15 is 0 Å². The second-order valence-electron chi connectivity index (χ2n) is 8.02. The maximum atomic E-state index is 4.91. The number of aliphatic imine (C=N–C) groups is 1. The van der Waals surface area contributed by atoms with Gasteiger partial charge in [0, 0.05) is 25.0 Å². The number of rotatable bonds is 7. The molecular weight excluding hydrogens is 378 g/mol. The Kier molecular flexibility index (Phi) is 8.07. The second-order valence-corrected chi connectivity index (χ2v) is 9.08. The van der Waals surface area contributed by atoms with E-state index < -0.39 is 0 Å². The highest BCUT2D eigenvalue weighted by Gasteiger charge is 2.20. The molecule has 6 heteroatoms. The number of thiazole rings is 1. The third kappa shape index (κ3) is 6.54. The molecule has 1 saturated heterocycles. The predicted molar refractivity (Wildman–Crippen MR) is 124 cm³/mol. The summed E-state index contributed by atoms with van der Waals surface area (Å²) in [5.41, 5.74) is 3.85. The Morgan fingerprint density at radius 3 is 2.69 bits per heavy atom. The molecule has 3 rings (SSSR count). The van der Waals surface area contributed by atoms with E-state index in [4.69, 9.17) is 4.99 Å². The number of aryl methyl sites for hydroxylation is 2. The van der Waals surface area contributed by atoms with E-state index in [1.165, 1.54) is 29.7 Å². The van der Waals surface area contributed by atoms with Gasteiger partial charge in [-0.2, -0.15) is 0 Å². The van der Waals surface area contributed by atoms with Gasteiger partial charge in [-0.3, -0.25) is 9.89 Å². The van der Waals surface area contributed by atoms with Crippen molar-refractivity contribution in [1.29, 1.82) is 0 Å². The van der Waals surface area contributed by atoms with Crippen LogP contribution in [-0.4, -0.2) is 42.0 Å². The molecule has 1 aliphatic heterocycles. The summed E-state index contributed by atoms with van der Waals surface area (Å²) in [5, 5.41) is 10.3. The lowest BCUT2D eigenvalue weighted by molar-refractivity contribution is 0.179. The summed E-state index contributed by atoms with van der Waals surface area (Å²) in [6.45, 7) is 13.6. The van der Waals surface area contributed by atoms with Gasteiger partial charge in [-0.1, -0.05) is 24.3 Å². The number of nitrogens with zero attached hydrogens (tertiary/aromatic N) is 3. The number of aromatic nitrogens is 1. The number of hydrogen-bond acceptors (Lipinski definition) is 4. The van der Waals surface area contributed by atoms with Crippen molar-refractivity contribution in [3.63, 3.8) is 0 Å². The molecule has 1 aliphatic rings. The van der Waals surface area contributed by atoms with Crippen LogP contribution in [0.4, 0.5) is 0 Å². The van der Waals surface area contributed by atoms with Crippen LogP contribution < -0.4 is 10.6 Å². The minimum atomic E-state index is 0.234. The van der Waals surface area contributed by atoms with Gasteiger partial charge in [-0.15, -0.1) is 11.3 Å². The van der Waals surface area contributed by atoms with Crippen LogP contribution in [0.25, 0.3) is 0 Å². The monoisotopic (exact) mass is 413 g/mol. The van der Waals surface area contributed by atoms with E-state index in [0.29, 0.717) is 5.92 Å². The fraction of sp³-hybridized carbons (Fsp3) is 0.565. The summed E-state index contributed by atoms with van der Waals surface area (Å²) < 4.78 is 0. The molecule has 2 aromatic rings. The molecule has 0 spiro atoms. The van der Waals surface area contributed by atoms with Crippen molar-refractivity contribution in [2.24, 2.45) is 10.9 Å². The summed E-state index contributed by atoms with van der Waals surface area (Å²) in [5.74, 6) is 1.58. The van der Waals surface area contributed by atoms with Gasteiger partial charge in [-0.25, -0.2) is 4.98 Å². The van der Waals surface area contributed by atoms with Crippen LogP contribution in [0.2, 0.25) is 0 Å². The van der Waals surface area contributed by atoms with E-state index in [9.17, 15) is 0 Å². The van der Waals surface area contributed by atoms with Crippen molar-refractivity contribution < 1.29 is 0 Å². The zero-order valence-electron chi connectivity index (χ0n) is 18.2. The molecule has 0 radical (unpaired) electrons. The molecule has 2 heterocycles. The minimum Gasteiger partial charge on any atom is -0.357 e. The van der Waals surface area contributed by atoms with Crippen LogP contribution in [0.5, 0.6) is 0 Å². The quantitative estimate of drug-likeness (QED) is 0.525. The number of likely N-dealkylation sites (tertiary alicyclic amines) is 1. The molecule has 1 unspecified atom stereocenters. The van der Waals surface area contributed by atoms with Gasteiger partial charge >= 0.3 is 0 Å². The third-order valence-corrected chi connectivity index (χ3v) is 6.44. The van der Waals surface area contributed by atoms with Crippen LogP contribution in [0, 0.1) is 19.8 Å². The number of hydrogen-bond donors (Lipinski definition) is 2. The van der Waals surface area contributed by atoms with Crippen LogP contribution in [0.3, 0.4) is 0 Å². The van der Waals surface area contributed by atoms with E-state index in [1.807, 2.05) is 0 Å². The first-order chi connectivity index (χ1) is 14.0. The average Bonchev–Trinajstić information content (AvgIpc) is 3.12. The Labute approximate surface area is 179 Å². The fourth-order valence-electron chi connectivity index (χ4n) is 3.93. The number of nitrogens with one attached hydrogen (secondary N) is 2. The van der Waals surface area contributed by atoms with Gasteiger partial charge in [0.2, 0.25) is 0 Å². The average molecular weight is 414 g/mol. The summed E-state index contributed by atoms with van der Waals surface area (Å²) in [7, 11) is 0. The first kappa shape index (κ1) is 21.8. The highest BCUT2D eigenvalue weighted by atomic mass is 32.1. The second kappa shape index (κ2) is 10.7. The molecule has 1 aromatic carbocycles. The Balaban J connectivity index is 1.49. The topological polar surface area (TPSA) is 52.6 Å². The van der Waals surface area contributed by atoms with Crippen LogP contribution >= 0.6 is 11.3 Å². The van der Waals surface area contributed by atoms with E-state index in [1.54, 1.807) is 11.3 Å². The van der Waals surface area contributed by atoms with Gasteiger partial charge < -0.3 is 10.6 Å². The largest absolute Gasteiger partial charge is 0.357 e. The first-order valence-corrected chi connectivity index (χ1v) is 11.7. The molecule has 5 nitrogen and oxygen atoms in total. The van der Waals surface area contributed by atoms with Crippen molar-refractivity contribution in [3.8, 4) is 0 Å². The molecule has 29 heavy (non-hydrogen) atoms. The van der Waals surface area contributed by atoms with E-state index in [-0.39, 0.29) is 6.04 Å². The smallest absolute Gasteiger partial charge is 0.191 e. The maximum Gasteiger partial charge on any atom is 0.191 e. The highest BCUT2D eigenvalue weighted by molar-refractivity contribution is 7.09. The summed E-state index contributed by atoms with van der Waals surface area (Å²) in [6, 6.07) is 8.78. The molecule has 0 bridgehead atoms. The van der Waals surface area contributed by atoms with Gasteiger partial charge in [0.1, 0.15) is 0 Å². The van der Waals surface area contributed by atoms with Crippen molar-refractivity contribution in [3.05, 3.63) is 51.5 Å². The van der Waals surface area contributed by atoms with Crippen molar-refractivity contribution in [2.75, 3.05) is 26.2 Å². The Morgan fingerprint density at radius 2 is 2.03 bits per heavy atom. The van der Waals surface area contributed by atoms with Gasteiger partial charge in [0.25, 0.3) is 0 Å². The SMILES string of the molecule is CCNC(=NCC1CCN(Cc2csc(C)n2)CC1)NC(C)c1ccccc1C. The molecule has 0 aliphatic carbocycles. The van der Waals surface area contributed by atoms with Crippen LogP contribution in [0.1, 0.15) is 54.6 Å². The summed E-state index contributed by atoms with van der Waals surface area (Å²) in [4.78, 5) is 12.0. The zero-order chi connectivity index (χ0) is 20.6. The Bertz CT molecular complexity index is 792. The number of benzene rings is 1. The van der Waals surface area contributed by atoms with Crippen LogP contribution in [-0.2, 0) is 6.54 Å². The Morgan fingerprint density at radius 1 is 1.28 bits per heavy atom. The predicted octanol–water partition coefficient (Wildman–Crippen LogP) is 4.29. The van der Waals surface area contributed by atoms with Gasteiger partial charge in [0.05, 0.1) is 16.7 Å². The van der Waals surface area contributed by atoms with Gasteiger partial charge in [0.15, 0.2) is 5.96 Å². The number of piperidine rings is 1. The van der Waals surface area contributed by atoms with Gasteiger partial charge in [-0.05, 0) is 70.7 Å². The van der Waals surface area contributed by atoms with Crippen molar-refractivity contribution in [2.45, 2.75) is 53.1 Å². The van der Waals surface area contributed by atoms with Crippen molar-refractivity contribution in [1.82, 2.24) is 20.5 Å². The maximum absolute atomic E-state index is 4.91. The van der Waals surface area contributed by atoms with Crippen LogP contribution in [0.15, 0.2) is 34.6 Å². The molecule has 2 N–H and O–H groups in total. The Hall–Kier alpha value is -1.92. The van der Waals surface area contributed by atoms with E-state index in [2.05, 4.69) is 77.9 Å². The third-order valence-electron chi connectivity index (χ3n) is 5.62. The highest BCUT2D eigenvalue weighted by Crippen LogP contribution is 2.20. The molecular formula is C23H35N5S. The molecule has 0 amide bonds. The molecule has 1 fully saturated rings. The molecule has 158 valence electrons. The lowest BCUT2D eigenvalue weighted by Gasteiger charge is -2.31. The summed E-state index contributed by atoms with van der Waals surface area (Å²) >= 11 is 1.74. The normalized spacial score (nSPS) is 17.3. The number of guanidine groups is 1. The molecule has 1 aromatic heterocycles. The zero-order valence-corrected chi connectivity index (χ0v) is 19.1.